The maximum Gasteiger partial charge on any atom is 0.240 e. The molecule has 1 aromatic heterocycles. The van der Waals surface area contributed by atoms with Crippen LogP contribution in [0.3, 0.4) is 0 Å². The first-order valence-corrected chi connectivity index (χ1v) is 11.7. The highest BCUT2D eigenvalue weighted by Gasteiger charge is 2.34. The maximum absolute atomic E-state index is 12.6. The molecule has 2 fully saturated rings. The van der Waals surface area contributed by atoms with Crippen molar-refractivity contribution < 1.29 is 18.3 Å². The van der Waals surface area contributed by atoms with E-state index in [0.29, 0.717) is 30.3 Å². The highest BCUT2D eigenvalue weighted by Crippen LogP contribution is 2.38. The summed E-state index contributed by atoms with van der Waals surface area (Å²) in [6, 6.07) is 5.50. The van der Waals surface area contributed by atoms with E-state index in [1.807, 2.05) is 10.9 Å². The van der Waals surface area contributed by atoms with Gasteiger partial charge in [0.1, 0.15) is 0 Å². The average molecular weight is 441 g/mol. The summed E-state index contributed by atoms with van der Waals surface area (Å²) in [4.78, 5) is 0.137. The molecule has 4 rings (SSSR count). The van der Waals surface area contributed by atoms with Gasteiger partial charge in [0, 0.05) is 23.7 Å². The Labute approximate surface area is 175 Å². The van der Waals surface area contributed by atoms with Crippen LogP contribution in [0.25, 0.3) is 0 Å². The van der Waals surface area contributed by atoms with Crippen molar-refractivity contribution in [2.45, 2.75) is 67.7 Å². The van der Waals surface area contributed by atoms with Gasteiger partial charge >= 0.3 is 0 Å². The number of benzene rings is 1. The fourth-order valence-corrected chi connectivity index (χ4v) is 5.05. The molecule has 0 unspecified atom stereocenters. The normalized spacial score (nSPS) is 25.2. The number of aryl methyl sites for hydroxylation is 1. The molecule has 2 aromatic rings. The molecule has 2 heterocycles. The Morgan fingerprint density at radius 2 is 1.97 bits per heavy atom. The van der Waals surface area contributed by atoms with Crippen LogP contribution in [-0.4, -0.2) is 53.4 Å². The van der Waals surface area contributed by atoms with Crippen molar-refractivity contribution in [3.05, 3.63) is 41.2 Å². The van der Waals surface area contributed by atoms with Crippen molar-refractivity contribution in [2.24, 2.45) is 0 Å². The van der Waals surface area contributed by atoms with E-state index >= 15 is 0 Å². The minimum Gasteiger partial charge on any atom is -0.394 e. The minimum absolute atomic E-state index is 0.0583. The number of hydrogen-bond acceptors (Lipinski definition) is 6. The molecule has 0 bridgehead atoms. The molecule has 0 amide bonds. The third-order valence-corrected chi connectivity index (χ3v) is 7.22. The number of halogens is 1. The third kappa shape index (κ3) is 5.16. The van der Waals surface area contributed by atoms with Gasteiger partial charge in [-0.25, -0.2) is 13.1 Å². The molecule has 29 heavy (non-hydrogen) atoms. The molecular formula is C19H25ClN4O4S. The van der Waals surface area contributed by atoms with Gasteiger partial charge < -0.3 is 9.84 Å². The third-order valence-electron chi connectivity index (χ3n) is 5.46. The molecule has 0 spiro atoms. The monoisotopic (exact) mass is 440 g/mol. The van der Waals surface area contributed by atoms with Gasteiger partial charge in [-0.1, -0.05) is 16.8 Å². The molecule has 2 aliphatic rings. The van der Waals surface area contributed by atoms with Crippen molar-refractivity contribution in [3.8, 4) is 0 Å². The molecule has 1 aromatic carbocycles. The Kier molecular flexibility index (Phi) is 6.21. The molecule has 10 heteroatoms. The Morgan fingerprint density at radius 1 is 1.21 bits per heavy atom. The molecule has 0 radical (unpaired) electrons. The lowest BCUT2D eigenvalue weighted by atomic mass is 9.98. The first-order valence-electron chi connectivity index (χ1n) is 9.89. The zero-order valence-corrected chi connectivity index (χ0v) is 17.5. The quantitative estimate of drug-likeness (QED) is 0.651. The number of aromatic nitrogens is 3. The lowest BCUT2D eigenvalue weighted by Gasteiger charge is -2.36. The van der Waals surface area contributed by atoms with Gasteiger partial charge in [0.2, 0.25) is 10.0 Å². The van der Waals surface area contributed by atoms with Crippen LogP contribution >= 0.6 is 11.6 Å². The number of sulfonamides is 1. The summed E-state index contributed by atoms with van der Waals surface area (Å²) < 4.78 is 35.7. The van der Waals surface area contributed by atoms with Crippen LogP contribution in [-0.2, 0) is 21.3 Å². The van der Waals surface area contributed by atoms with E-state index in [9.17, 15) is 13.5 Å². The van der Waals surface area contributed by atoms with Crippen LogP contribution in [0.1, 0.15) is 43.7 Å². The summed E-state index contributed by atoms with van der Waals surface area (Å²) in [5, 5.41) is 18.6. The predicted octanol–water partition coefficient (Wildman–Crippen LogP) is 2.09. The first-order chi connectivity index (χ1) is 13.9. The Morgan fingerprint density at radius 3 is 2.66 bits per heavy atom. The Balaban J connectivity index is 1.32. The number of hydrogen-bond donors (Lipinski definition) is 2. The summed E-state index contributed by atoms with van der Waals surface area (Å²) in [6.07, 6.45) is 5.76. The molecular weight excluding hydrogens is 416 g/mol. The lowest BCUT2D eigenvalue weighted by Crippen LogP contribution is -2.50. The predicted molar refractivity (Wildman–Crippen MR) is 107 cm³/mol. The van der Waals surface area contributed by atoms with Crippen molar-refractivity contribution in [1.29, 1.82) is 0 Å². The molecule has 1 aliphatic carbocycles. The van der Waals surface area contributed by atoms with Gasteiger partial charge in [-0.05, 0) is 56.4 Å². The first kappa shape index (κ1) is 20.7. The van der Waals surface area contributed by atoms with Gasteiger partial charge in [-0.2, -0.15) is 0 Å². The number of nitrogens with zero attached hydrogens (tertiary/aromatic N) is 3. The number of aliphatic hydroxyl groups excluding tert-OH is 1. The van der Waals surface area contributed by atoms with Gasteiger partial charge in [0.15, 0.2) is 0 Å². The summed E-state index contributed by atoms with van der Waals surface area (Å²) in [5.74, 6) is 0.572. The molecule has 1 aliphatic heterocycles. The van der Waals surface area contributed by atoms with Gasteiger partial charge in [-0.15, -0.1) is 5.10 Å². The smallest absolute Gasteiger partial charge is 0.240 e. The van der Waals surface area contributed by atoms with Crippen LogP contribution in [0.15, 0.2) is 35.4 Å². The van der Waals surface area contributed by atoms with Crippen LogP contribution in [0, 0.1) is 0 Å². The average Bonchev–Trinajstić information content (AvgIpc) is 3.45. The second-order valence-electron chi connectivity index (χ2n) is 7.71. The van der Waals surface area contributed by atoms with Crippen LogP contribution < -0.4 is 4.72 Å². The molecule has 1 saturated carbocycles. The van der Waals surface area contributed by atoms with Gasteiger partial charge in [0.25, 0.3) is 0 Å². The van der Waals surface area contributed by atoms with Crippen molar-refractivity contribution in [3.63, 3.8) is 0 Å². The van der Waals surface area contributed by atoms with E-state index in [2.05, 4.69) is 15.0 Å². The summed E-state index contributed by atoms with van der Waals surface area (Å²) in [7, 11) is -3.71. The highest BCUT2D eigenvalue weighted by atomic mass is 35.5. The van der Waals surface area contributed by atoms with Crippen LogP contribution in [0.5, 0.6) is 0 Å². The number of ether oxygens (including phenoxy) is 1. The number of aliphatic hydroxyl groups is 1. The SMILES string of the molecule is O=S(=O)(N[C@@H]1CC[C@H](CCn2cc(C3CC3)nn2)O[C@H]1CO)c1ccc(Cl)cc1. The largest absolute Gasteiger partial charge is 0.394 e. The van der Waals surface area contributed by atoms with Crippen molar-refractivity contribution in [1.82, 2.24) is 19.7 Å². The molecule has 1 saturated heterocycles. The molecule has 8 nitrogen and oxygen atoms in total. The summed E-state index contributed by atoms with van der Waals surface area (Å²) in [6.45, 7) is 0.434. The summed E-state index contributed by atoms with van der Waals surface area (Å²) >= 11 is 5.83. The van der Waals surface area contributed by atoms with E-state index < -0.39 is 22.2 Å². The zero-order chi connectivity index (χ0) is 20.4. The Hall–Kier alpha value is -1.52. The standard InChI is InChI=1S/C19H25ClN4O4S/c20-14-3-6-16(7-4-14)29(26,27)22-17-8-5-15(28-19(17)12-25)9-10-24-11-18(21-23-24)13-1-2-13/h3-4,6-7,11,13,15,17,19,22,25H,1-2,5,8-10,12H2/t15-,17-,19+/m1/s1. The van der Waals surface area contributed by atoms with Crippen LogP contribution in [0.4, 0.5) is 0 Å². The molecule has 3 atom stereocenters. The number of rotatable bonds is 8. The topological polar surface area (TPSA) is 106 Å². The van der Waals surface area contributed by atoms with E-state index in [1.54, 1.807) is 0 Å². The molecule has 2 N–H and O–H groups in total. The fourth-order valence-electron chi connectivity index (χ4n) is 3.63. The highest BCUT2D eigenvalue weighted by molar-refractivity contribution is 7.89. The second-order valence-corrected chi connectivity index (χ2v) is 9.86. The maximum atomic E-state index is 12.6. The van der Waals surface area contributed by atoms with E-state index in [4.69, 9.17) is 16.3 Å². The van der Waals surface area contributed by atoms with Gasteiger partial charge in [0.05, 0.1) is 35.4 Å². The lowest BCUT2D eigenvalue weighted by molar-refractivity contribution is -0.0891. The second kappa shape index (κ2) is 8.69. The van der Waals surface area contributed by atoms with Crippen LogP contribution in [0.2, 0.25) is 5.02 Å². The van der Waals surface area contributed by atoms with Gasteiger partial charge in [-0.3, -0.25) is 4.68 Å². The zero-order valence-electron chi connectivity index (χ0n) is 15.9. The van der Waals surface area contributed by atoms with Crippen molar-refractivity contribution in [2.75, 3.05) is 6.61 Å². The van der Waals surface area contributed by atoms with E-state index in [0.717, 1.165) is 12.1 Å². The molecule has 158 valence electrons. The van der Waals surface area contributed by atoms with Crippen molar-refractivity contribution >= 4 is 21.6 Å². The Bertz CT molecular complexity index is 930. The van der Waals surface area contributed by atoms with E-state index in [1.165, 1.54) is 37.1 Å². The fraction of sp³-hybridized carbons (Fsp3) is 0.579. The number of nitrogens with one attached hydrogen (secondary N) is 1. The minimum atomic E-state index is -3.71. The summed E-state index contributed by atoms with van der Waals surface area (Å²) in [5.41, 5.74) is 1.06. The van der Waals surface area contributed by atoms with E-state index in [-0.39, 0.29) is 17.6 Å².